The van der Waals surface area contributed by atoms with Crippen molar-refractivity contribution in [2.24, 2.45) is 0 Å². The third kappa shape index (κ3) is 3.62. The van der Waals surface area contributed by atoms with E-state index in [1.807, 2.05) is 4.90 Å². The van der Waals surface area contributed by atoms with Gasteiger partial charge in [0.15, 0.2) is 0 Å². The Kier molecular flexibility index (Phi) is 5.23. The van der Waals surface area contributed by atoms with Crippen LogP contribution in [0.2, 0.25) is 0 Å². The molecule has 20 heavy (non-hydrogen) atoms. The third-order valence-corrected chi connectivity index (χ3v) is 4.41. The van der Waals surface area contributed by atoms with Crippen LogP contribution in [0.3, 0.4) is 0 Å². The van der Waals surface area contributed by atoms with Gasteiger partial charge in [0.05, 0.1) is 0 Å². The molecule has 0 aromatic heterocycles. The molecule has 1 aliphatic carbocycles. The molecule has 0 aromatic rings. The van der Waals surface area contributed by atoms with Crippen LogP contribution < -0.4 is 0 Å². The zero-order valence-corrected chi connectivity index (χ0v) is 12.3. The molecule has 1 saturated heterocycles. The molecule has 0 unspecified atom stereocenters. The minimum Gasteiger partial charge on any atom is -0.480 e. The number of likely N-dealkylation sites (N-methyl/N-ethyl adjacent to an activating group) is 1. The van der Waals surface area contributed by atoms with Crippen LogP contribution in [0.5, 0.6) is 0 Å². The van der Waals surface area contributed by atoms with E-state index < -0.39 is 5.97 Å². The summed E-state index contributed by atoms with van der Waals surface area (Å²) in [4.78, 5) is 29.3. The summed E-state index contributed by atoms with van der Waals surface area (Å²) in [5.74, 6) is -0.919. The van der Waals surface area contributed by atoms with Gasteiger partial charge in [0, 0.05) is 32.2 Å². The number of hydrogen-bond donors (Lipinski definition) is 1. The number of piperazine rings is 1. The highest BCUT2D eigenvalue weighted by Gasteiger charge is 2.32. The normalized spacial score (nSPS) is 21.1. The maximum absolute atomic E-state index is 12.6. The predicted octanol–water partition coefficient (Wildman–Crippen LogP) is 1.07. The Morgan fingerprint density at radius 1 is 1.15 bits per heavy atom. The SMILES string of the molecule is CCN1CCN(C(=O)N(CC(=O)O)C2CCCC2)CC1. The topological polar surface area (TPSA) is 64.1 Å². The van der Waals surface area contributed by atoms with Gasteiger partial charge in [-0.1, -0.05) is 19.8 Å². The lowest BCUT2D eigenvalue weighted by molar-refractivity contribution is -0.138. The molecule has 1 heterocycles. The van der Waals surface area contributed by atoms with Gasteiger partial charge < -0.3 is 19.8 Å². The number of rotatable bonds is 4. The zero-order chi connectivity index (χ0) is 14.5. The Labute approximate surface area is 120 Å². The van der Waals surface area contributed by atoms with E-state index in [0.29, 0.717) is 13.1 Å². The molecule has 2 fully saturated rings. The molecule has 0 radical (unpaired) electrons. The first-order chi connectivity index (χ1) is 9.61. The van der Waals surface area contributed by atoms with Crippen LogP contribution in [0.25, 0.3) is 0 Å². The third-order valence-electron chi connectivity index (χ3n) is 4.41. The number of hydrogen-bond acceptors (Lipinski definition) is 3. The highest BCUT2D eigenvalue weighted by molar-refractivity contribution is 5.80. The van der Waals surface area contributed by atoms with E-state index in [9.17, 15) is 9.59 Å². The summed E-state index contributed by atoms with van der Waals surface area (Å²) < 4.78 is 0. The van der Waals surface area contributed by atoms with Crippen molar-refractivity contribution >= 4 is 12.0 Å². The highest BCUT2D eigenvalue weighted by Crippen LogP contribution is 2.24. The Hall–Kier alpha value is -1.30. The Balaban J connectivity index is 1.97. The molecular weight excluding hydrogens is 258 g/mol. The van der Waals surface area contributed by atoms with Crippen LogP contribution in [0, 0.1) is 0 Å². The molecular formula is C14H25N3O3. The van der Waals surface area contributed by atoms with E-state index in [4.69, 9.17) is 5.11 Å². The van der Waals surface area contributed by atoms with Gasteiger partial charge in [-0.05, 0) is 19.4 Å². The van der Waals surface area contributed by atoms with Gasteiger partial charge >= 0.3 is 12.0 Å². The Morgan fingerprint density at radius 2 is 1.75 bits per heavy atom. The monoisotopic (exact) mass is 283 g/mol. The fraction of sp³-hybridized carbons (Fsp3) is 0.857. The molecule has 1 N–H and O–H groups in total. The molecule has 2 aliphatic rings. The Bertz CT molecular complexity index is 348. The fourth-order valence-electron chi connectivity index (χ4n) is 3.15. The van der Waals surface area contributed by atoms with Gasteiger partial charge in [-0.25, -0.2) is 4.79 Å². The largest absolute Gasteiger partial charge is 0.480 e. The van der Waals surface area contributed by atoms with Crippen molar-refractivity contribution in [1.29, 1.82) is 0 Å². The van der Waals surface area contributed by atoms with Crippen LogP contribution >= 0.6 is 0 Å². The van der Waals surface area contributed by atoms with E-state index in [1.54, 1.807) is 4.90 Å². The van der Waals surface area contributed by atoms with Crippen LogP contribution in [-0.4, -0.2) is 77.1 Å². The first-order valence-electron chi connectivity index (χ1n) is 7.61. The van der Waals surface area contributed by atoms with Gasteiger partial charge in [-0.3, -0.25) is 4.79 Å². The summed E-state index contributed by atoms with van der Waals surface area (Å²) in [7, 11) is 0. The second-order valence-corrected chi connectivity index (χ2v) is 5.66. The van der Waals surface area contributed by atoms with Crippen LogP contribution in [-0.2, 0) is 4.79 Å². The van der Waals surface area contributed by atoms with Gasteiger partial charge in [0.25, 0.3) is 0 Å². The molecule has 6 nitrogen and oxygen atoms in total. The summed E-state index contributed by atoms with van der Waals surface area (Å²) in [6.07, 6.45) is 4.07. The molecule has 114 valence electrons. The number of carboxylic acids is 1. The van der Waals surface area contributed by atoms with Crippen molar-refractivity contribution in [3.63, 3.8) is 0 Å². The van der Waals surface area contributed by atoms with Crippen molar-refractivity contribution < 1.29 is 14.7 Å². The molecule has 0 aromatic carbocycles. The van der Waals surface area contributed by atoms with Gasteiger partial charge in [-0.2, -0.15) is 0 Å². The number of aliphatic carboxylic acids is 1. The lowest BCUT2D eigenvalue weighted by Crippen LogP contribution is -2.55. The summed E-state index contributed by atoms with van der Waals surface area (Å²) in [6, 6.07) is 0.0258. The number of amides is 2. The maximum atomic E-state index is 12.6. The number of carbonyl (C=O) groups excluding carboxylic acids is 1. The number of carboxylic acid groups (broad SMARTS) is 1. The molecule has 2 rings (SSSR count). The standard InChI is InChI=1S/C14H25N3O3/c1-2-15-7-9-16(10-8-15)14(20)17(11-13(18)19)12-5-3-4-6-12/h12H,2-11H2,1H3,(H,18,19). The van der Waals surface area contributed by atoms with E-state index in [-0.39, 0.29) is 18.6 Å². The first-order valence-corrected chi connectivity index (χ1v) is 7.61. The quantitative estimate of drug-likeness (QED) is 0.838. The molecule has 6 heteroatoms. The molecule has 1 saturated carbocycles. The van der Waals surface area contributed by atoms with Gasteiger partial charge in [0.2, 0.25) is 0 Å². The smallest absolute Gasteiger partial charge is 0.323 e. The van der Waals surface area contributed by atoms with E-state index in [1.165, 1.54) is 0 Å². The van der Waals surface area contributed by atoms with Crippen LogP contribution in [0.4, 0.5) is 4.79 Å². The molecule has 0 bridgehead atoms. The number of urea groups is 1. The number of nitrogens with zero attached hydrogens (tertiary/aromatic N) is 3. The summed E-state index contributed by atoms with van der Waals surface area (Å²) in [6.45, 7) is 6.13. The fourth-order valence-corrected chi connectivity index (χ4v) is 3.15. The van der Waals surface area contributed by atoms with Crippen LogP contribution in [0.1, 0.15) is 32.6 Å². The lowest BCUT2D eigenvalue weighted by Gasteiger charge is -2.38. The zero-order valence-electron chi connectivity index (χ0n) is 12.3. The summed E-state index contributed by atoms with van der Waals surface area (Å²) in [5.41, 5.74) is 0. The second-order valence-electron chi connectivity index (χ2n) is 5.66. The van der Waals surface area contributed by atoms with E-state index >= 15 is 0 Å². The van der Waals surface area contributed by atoms with E-state index in [0.717, 1.165) is 45.3 Å². The summed E-state index contributed by atoms with van der Waals surface area (Å²) >= 11 is 0. The van der Waals surface area contributed by atoms with E-state index in [2.05, 4.69) is 11.8 Å². The average molecular weight is 283 g/mol. The second kappa shape index (κ2) is 6.92. The molecule has 1 aliphatic heterocycles. The Morgan fingerprint density at radius 3 is 2.25 bits per heavy atom. The molecule has 0 spiro atoms. The lowest BCUT2D eigenvalue weighted by atomic mass is 10.2. The maximum Gasteiger partial charge on any atom is 0.323 e. The van der Waals surface area contributed by atoms with Crippen LogP contribution in [0.15, 0.2) is 0 Å². The molecule has 2 amide bonds. The van der Waals surface area contributed by atoms with Gasteiger partial charge in [0.1, 0.15) is 6.54 Å². The average Bonchev–Trinajstić information content (AvgIpc) is 2.98. The highest BCUT2D eigenvalue weighted by atomic mass is 16.4. The molecule has 0 atom stereocenters. The number of carbonyl (C=O) groups is 2. The minimum absolute atomic E-state index is 0.0879. The van der Waals surface area contributed by atoms with Crippen molar-refractivity contribution in [3.05, 3.63) is 0 Å². The minimum atomic E-state index is -0.919. The van der Waals surface area contributed by atoms with Crippen molar-refractivity contribution in [2.45, 2.75) is 38.6 Å². The van der Waals surface area contributed by atoms with Crippen molar-refractivity contribution in [2.75, 3.05) is 39.3 Å². The van der Waals surface area contributed by atoms with Crippen molar-refractivity contribution in [1.82, 2.24) is 14.7 Å². The summed E-state index contributed by atoms with van der Waals surface area (Å²) in [5, 5.41) is 9.05. The first kappa shape index (κ1) is 15.1. The van der Waals surface area contributed by atoms with Crippen molar-refractivity contribution in [3.8, 4) is 0 Å². The predicted molar refractivity (Wildman–Crippen MR) is 75.7 cm³/mol. The van der Waals surface area contributed by atoms with Gasteiger partial charge in [-0.15, -0.1) is 0 Å².